The summed E-state index contributed by atoms with van der Waals surface area (Å²) in [6.07, 6.45) is 5.45. The van der Waals surface area contributed by atoms with Crippen LogP contribution in [0.2, 0.25) is 0 Å². The molecule has 4 heteroatoms. The standard InChI is InChI=1S/C16H23NO3/c1-7-4-10(11(5-7)16(19)20)15(18)17-14-12-8-2-3-9(6-8)13(12)14/h7-14H,2-6H2,1H3,(H,17,18)(H,19,20)/t7?,8?,9?,10-,11+,12?,13?,14?/m0/s1. The number of aliphatic carboxylic acids is 1. The highest BCUT2D eigenvalue weighted by Gasteiger charge is 2.65. The van der Waals surface area contributed by atoms with Crippen molar-refractivity contribution in [1.29, 1.82) is 0 Å². The normalized spacial score (nSPS) is 51.9. The Morgan fingerprint density at radius 1 is 1.00 bits per heavy atom. The third kappa shape index (κ3) is 1.73. The van der Waals surface area contributed by atoms with Crippen LogP contribution in [0.25, 0.3) is 0 Å². The lowest BCUT2D eigenvalue weighted by Crippen LogP contribution is -2.38. The number of carbonyl (C=O) groups is 2. The highest BCUT2D eigenvalue weighted by atomic mass is 16.4. The van der Waals surface area contributed by atoms with Crippen LogP contribution in [0.15, 0.2) is 0 Å². The van der Waals surface area contributed by atoms with Gasteiger partial charge >= 0.3 is 5.97 Å². The minimum absolute atomic E-state index is 0.0144. The maximum Gasteiger partial charge on any atom is 0.307 e. The fourth-order valence-corrected chi connectivity index (χ4v) is 5.64. The third-order valence-corrected chi connectivity index (χ3v) is 6.50. The molecule has 4 nitrogen and oxygen atoms in total. The lowest BCUT2D eigenvalue weighted by Gasteiger charge is -2.17. The molecular formula is C16H23NO3. The van der Waals surface area contributed by atoms with E-state index < -0.39 is 11.9 Å². The predicted octanol–water partition coefficient (Wildman–Crippen LogP) is 1.89. The molecule has 0 heterocycles. The van der Waals surface area contributed by atoms with Gasteiger partial charge in [-0.2, -0.15) is 0 Å². The zero-order valence-corrected chi connectivity index (χ0v) is 11.9. The first kappa shape index (κ1) is 12.7. The van der Waals surface area contributed by atoms with Crippen LogP contribution in [0.1, 0.15) is 39.0 Å². The van der Waals surface area contributed by atoms with Crippen molar-refractivity contribution in [1.82, 2.24) is 5.32 Å². The van der Waals surface area contributed by atoms with Gasteiger partial charge in [0.15, 0.2) is 0 Å². The summed E-state index contributed by atoms with van der Waals surface area (Å²) in [5.74, 6) is 1.91. The minimum Gasteiger partial charge on any atom is -0.481 e. The maximum absolute atomic E-state index is 12.4. The first-order valence-electron chi connectivity index (χ1n) is 8.09. The van der Waals surface area contributed by atoms with E-state index in [2.05, 4.69) is 12.2 Å². The lowest BCUT2D eigenvalue weighted by molar-refractivity contribution is -0.146. The van der Waals surface area contributed by atoms with Gasteiger partial charge in [0.1, 0.15) is 0 Å². The van der Waals surface area contributed by atoms with Gasteiger partial charge in [0.25, 0.3) is 0 Å². The molecule has 7 atom stereocenters. The SMILES string of the molecule is CC1C[C@H](C(=O)NC2C3C4CCC(C4)C23)[C@H](C(=O)O)C1. The van der Waals surface area contributed by atoms with Crippen LogP contribution in [0.4, 0.5) is 0 Å². The molecule has 0 aliphatic heterocycles. The molecule has 0 saturated heterocycles. The summed E-state index contributed by atoms with van der Waals surface area (Å²) in [5, 5.41) is 12.5. The number of carbonyl (C=O) groups excluding carboxylic acids is 1. The van der Waals surface area contributed by atoms with Crippen molar-refractivity contribution in [2.45, 2.75) is 45.1 Å². The van der Waals surface area contributed by atoms with E-state index in [0.29, 0.717) is 18.4 Å². The van der Waals surface area contributed by atoms with Gasteiger partial charge in [-0.05, 0) is 61.7 Å². The van der Waals surface area contributed by atoms with Gasteiger partial charge in [0, 0.05) is 6.04 Å². The molecule has 0 radical (unpaired) electrons. The van der Waals surface area contributed by atoms with E-state index >= 15 is 0 Å². The number of fused-ring (bicyclic) bond motifs is 5. The molecule has 4 aliphatic carbocycles. The molecular weight excluding hydrogens is 254 g/mol. The Morgan fingerprint density at radius 3 is 2.20 bits per heavy atom. The Hall–Kier alpha value is -1.06. The summed E-state index contributed by atoms with van der Waals surface area (Å²) < 4.78 is 0. The number of hydrogen-bond donors (Lipinski definition) is 2. The molecule has 2 N–H and O–H groups in total. The van der Waals surface area contributed by atoms with E-state index in [9.17, 15) is 14.7 Å². The van der Waals surface area contributed by atoms with Crippen LogP contribution in [-0.2, 0) is 9.59 Å². The first-order chi connectivity index (χ1) is 9.56. The molecule has 0 aromatic carbocycles. The van der Waals surface area contributed by atoms with Crippen LogP contribution in [0, 0.1) is 41.4 Å². The van der Waals surface area contributed by atoms with Crippen LogP contribution < -0.4 is 5.32 Å². The maximum atomic E-state index is 12.4. The Labute approximate surface area is 119 Å². The second-order valence-electron chi connectivity index (χ2n) is 7.65. The second kappa shape index (κ2) is 4.22. The molecule has 1 amide bonds. The summed E-state index contributed by atoms with van der Waals surface area (Å²) in [5.41, 5.74) is 0. The van der Waals surface area contributed by atoms with Crippen molar-refractivity contribution in [3.05, 3.63) is 0 Å². The Kier molecular flexibility index (Phi) is 2.67. The van der Waals surface area contributed by atoms with Crippen LogP contribution in [-0.4, -0.2) is 23.0 Å². The minimum atomic E-state index is -0.800. The number of nitrogens with one attached hydrogen (secondary N) is 1. The monoisotopic (exact) mass is 277 g/mol. The summed E-state index contributed by atoms with van der Waals surface area (Å²) in [4.78, 5) is 23.7. The van der Waals surface area contributed by atoms with Gasteiger partial charge in [-0.15, -0.1) is 0 Å². The fraction of sp³-hybridized carbons (Fsp3) is 0.875. The van der Waals surface area contributed by atoms with Crippen LogP contribution >= 0.6 is 0 Å². The van der Waals surface area contributed by atoms with Crippen molar-refractivity contribution in [2.75, 3.05) is 0 Å². The van der Waals surface area contributed by atoms with Crippen LogP contribution in [0.5, 0.6) is 0 Å². The van der Waals surface area contributed by atoms with Gasteiger partial charge < -0.3 is 10.4 Å². The van der Waals surface area contributed by atoms with Gasteiger partial charge in [-0.3, -0.25) is 9.59 Å². The molecule has 20 heavy (non-hydrogen) atoms. The van der Waals surface area contributed by atoms with Gasteiger partial charge in [0.2, 0.25) is 5.91 Å². The molecule has 4 rings (SSSR count). The van der Waals surface area contributed by atoms with Crippen molar-refractivity contribution in [2.24, 2.45) is 41.4 Å². The molecule has 4 saturated carbocycles. The Balaban J connectivity index is 1.40. The van der Waals surface area contributed by atoms with E-state index in [4.69, 9.17) is 0 Å². The topological polar surface area (TPSA) is 66.4 Å². The van der Waals surface area contributed by atoms with Crippen molar-refractivity contribution >= 4 is 11.9 Å². The number of hydrogen-bond acceptors (Lipinski definition) is 2. The molecule has 2 bridgehead atoms. The molecule has 4 fully saturated rings. The third-order valence-electron chi connectivity index (χ3n) is 6.50. The molecule has 5 unspecified atom stereocenters. The summed E-state index contributed by atoms with van der Waals surface area (Å²) in [7, 11) is 0. The lowest BCUT2D eigenvalue weighted by atomic mass is 9.95. The van der Waals surface area contributed by atoms with E-state index in [0.717, 1.165) is 30.1 Å². The predicted molar refractivity (Wildman–Crippen MR) is 72.8 cm³/mol. The fourth-order valence-electron chi connectivity index (χ4n) is 5.64. The Morgan fingerprint density at radius 2 is 1.60 bits per heavy atom. The van der Waals surface area contributed by atoms with E-state index in [-0.39, 0.29) is 11.8 Å². The summed E-state index contributed by atoms with van der Waals surface area (Å²) >= 11 is 0. The Bertz CT molecular complexity index is 447. The first-order valence-corrected chi connectivity index (χ1v) is 8.09. The van der Waals surface area contributed by atoms with Gasteiger partial charge in [-0.1, -0.05) is 6.92 Å². The van der Waals surface area contributed by atoms with Crippen molar-refractivity contribution in [3.63, 3.8) is 0 Å². The highest BCUT2D eigenvalue weighted by Crippen LogP contribution is 2.65. The second-order valence-corrected chi connectivity index (χ2v) is 7.65. The smallest absolute Gasteiger partial charge is 0.307 e. The molecule has 0 spiro atoms. The van der Waals surface area contributed by atoms with Gasteiger partial charge in [0.05, 0.1) is 11.8 Å². The average molecular weight is 277 g/mol. The zero-order chi connectivity index (χ0) is 14.0. The number of rotatable bonds is 3. The number of amides is 1. The van der Waals surface area contributed by atoms with Gasteiger partial charge in [-0.25, -0.2) is 0 Å². The average Bonchev–Trinajstić information content (AvgIpc) is 2.81. The number of carboxylic acids is 1. The van der Waals surface area contributed by atoms with E-state index in [1.165, 1.54) is 19.3 Å². The van der Waals surface area contributed by atoms with Crippen molar-refractivity contribution in [3.8, 4) is 0 Å². The summed E-state index contributed by atoms with van der Waals surface area (Å²) in [6, 6.07) is 0.374. The zero-order valence-electron chi connectivity index (χ0n) is 11.9. The van der Waals surface area contributed by atoms with E-state index in [1.54, 1.807) is 0 Å². The molecule has 0 aromatic rings. The molecule has 0 aromatic heterocycles. The summed E-state index contributed by atoms with van der Waals surface area (Å²) in [6.45, 7) is 2.05. The quantitative estimate of drug-likeness (QED) is 0.828. The van der Waals surface area contributed by atoms with E-state index in [1.807, 2.05) is 0 Å². The highest BCUT2D eigenvalue weighted by molar-refractivity contribution is 5.85. The molecule has 110 valence electrons. The molecule has 4 aliphatic rings. The van der Waals surface area contributed by atoms with Crippen molar-refractivity contribution < 1.29 is 14.7 Å². The largest absolute Gasteiger partial charge is 0.481 e. The van der Waals surface area contributed by atoms with Crippen LogP contribution in [0.3, 0.4) is 0 Å². The number of carboxylic acid groups (broad SMARTS) is 1.